The molecule has 1 N–H and O–H groups in total. The van der Waals surface area contributed by atoms with Crippen molar-refractivity contribution < 1.29 is 23.1 Å². The highest BCUT2D eigenvalue weighted by molar-refractivity contribution is 7.91. The number of carbonyl (C=O) groups excluding carboxylic acids is 1. The summed E-state index contributed by atoms with van der Waals surface area (Å²) in [5.74, 6) is 0. The first-order chi connectivity index (χ1) is 10.4. The lowest BCUT2D eigenvalue weighted by Gasteiger charge is -2.24. The van der Waals surface area contributed by atoms with Gasteiger partial charge >= 0.3 is 6.03 Å². The van der Waals surface area contributed by atoms with Crippen LogP contribution in [-0.2, 0) is 14.8 Å². The molecule has 0 aliphatic carbocycles. The molecule has 2 amide bonds. The summed E-state index contributed by atoms with van der Waals surface area (Å²) in [7, 11) is -2.21. The maximum Gasteiger partial charge on any atom is 0.328 e. The maximum absolute atomic E-state index is 12.4. The predicted octanol–water partition coefficient (Wildman–Crippen LogP) is -1.25. The van der Waals surface area contributed by atoms with Crippen LogP contribution in [-0.4, -0.2) is 85.1 Å². The zero-order valence-electron chi connectivity index (χ0n) is 11.7. The average molecular weight is 349 g/mol. The minimum absolute atomic E-state index is 0.0636. The van der Waals surface area contributed by atoms with E-state index in [9.17, 15) is 18.3 Å². The molecule has 0 bridgehead atoms. The smallest absolute Gasteiger partial charge is 0.328 e. The van der Waals surface area contributed by atoms with Crippen LogP contribution in [0.4, 0.5) is 9.93 Å². The summed E-state index contributed by atoms with van der Waals surface area (Å²) in [5.41, 5.74) is 0. The molecule has 0 aromatic carbocycles. The van der Waals surface area contributed by atoms with Crippen molar-refractivity contribution in [3.8, 4) is 0 Å². The number of nitrogens with zero attached hydrogens (tertiary/aromatic N) is 5. The van der Waals surface area contributed by atoms with E-state index in [0.717, 1.165) is 16.2 Å². The monoisotopic (exact) mass is 349 g/mol. The van der Waals surface area contributed by atoms with Gasteiger partial charge in [-0.2, -0.15) is 4.31 Å². The fourth-order valence-electron chi connectivity index (χ4n) is 2.23. The van der Waals surface area contributed by atoms with Gasteiger partial charge in [0.25, 0.3) is 10.0 Å². The molecule has 0 saturated carbocycles. The number of rotatable bonds is 3. The first-order valence-electron chi connectivity index (χ1n) is 6.55. The number of β-amino-alcohol motifs (C(OH)–C–C–N with tert-alkyl or cyclic N) is 1. The van der Waals surface area contributed by atoms with Crippen molar-refractivity contribution in [1.29, 1.82) is 0 Å². The van der Waals surface area contributed by atoms with Crippen molar-refractivity contribution in [2.45, 2.75) is 10.6 Å². The molecule has 10 nitrogen and oxygen atoms in total. The summed E-state index contributed by atoms with van der Waals surface area (Å²) in [4.78, 5) is 14.3. The molecular weight excluding hydrogens is 334 g/mol. The van der Waals surface area contributed by atoms with Crippen LogP contribution in [0.2, 0.25) is 0 Å². The van der Waals surface area contributed by atoms with Gasteiger partial charge in [0.05, 0.1) is 19.8 Å². The molecule has 1 aromatic heterocycles. The topological polar surface area (TPSA) is 116 Å². The highest BCUT2D eigenvalue weighted by atomic mass is 32.2. The van der Waals surface area contributed by atoms with Crippen LogP contribution >= 0.6 is 11.3 Å². The molecular formula is C10H15N5O5S2. The van der Waals surface area contributed by atoms with Crippen LogP contribution in [0.1, 0.15) is 0 Å². The van der Waals surface area contributed by atoms with Crippen molar-refractivity contribution in [3.05, 3.63) is 0 Å². The molecule has 2 aliphatic rings. The quantitative estimate of drug-likeness (QED) is 0.678. The maximum atomic E-state index is 12.4. The standard InChI is InChI=1S/C10H15N5O5S2/c1-13-6-7(16)15(10(13)17)8-11-12-9(21-8)22(18,19)14-2-4-20-5-3-14/h7,16H,2-6H2,1H3. The summed E-state index contributed by atoms with van der Waals surface area (Å²) in [6.07, 6.45) is -1.07. The number of sulfonamides is 1. The van der Waals surface area contributed by atoms with Gasteiger partial charge < -0.3 is 14.7 Å². The van der Waals surface area contributed by atoms with Gasteiger partial charge in [-0.1, -0.05) is 11.3 Å². The van der Waals surface area contributed by atoms with Crippen molar-refractivity contribution in [3.63, 3.8) is 0 Å². The van der Waals surface area contributed by atoms with Crippen LogP contribution in [0.15, 0.2) is 4.34 Å². The second-order valence-corrected chi connectivity index (χ2v) is 7.95. The van der Waals surface area contributed by atoms with E-state index in [-0.39, 0.29) is 29.1 Å². The molecule has 1 atom stereocenters. The number of ether oxygens (including phenoxy) is 1. The number of aromatic nitrogens is 2. The lowest BCUT2D eigenvalue weighted by atomic mass is 10.5. The average Bonchev–Trinajstić information content (AvgIpc) is 3.06. The lowest BCUT2D eigenvalue weighted by Crippen LogP contribution is -2.40. The number of morpholine rings is 1. The van der Waals surface area contributed by atoms with Gasteiger partial charge in [0.15, 0.2) is 6.23 Å². The van der Waals surface area contributed by atoms with Crippen molar-refractivity contribution in [2.75, 3.05) is 44.8 Å². The van der Waals surface area contributed by atoms with Crippen molar-refractivity contribution >= 4 is 32.5 Å². The lowest BCUT2D eigenvalue weighted by molar-refractivity contribution is 0.0730. The van der Waals surface area contributed by atoms with E-state index in [1.807, 2.05) is 0 Å². The Bertz CT molecular complexity index is 671. The molecule has 22 heavy (non-hydrogen) atoms. The minimum atomic E-state index is -3.75. The second kappa shape index (κ2) is 5.70. The summed E-state index contributed by atoms with van der Waals surface area (Å²) >= 11 is 0.766. The van der Waals surface area contributed by atoms with Crippen molar-refractivity contribution in [2.24, 2.45) is 0 Å². The molecule has 1 aromatic rings. The molecule has 0 radical (unpaired) electrons. The fourth-order valence-corrected chi connectivity index (χ4v) is 4.80. The van der Waals surface area contributed by atoms with Gasteiger partial charge in [0, 0.05) is 20.1 Å². The molecule has 2 aliphatic heterocycles. The molecule has 1 unspecified atom stereocenters. The van der Waals surface area contributed by atoms with Crippen LogP contribution < -0.4 is 4.90 Å². The van der Waals surface area contributed by atoms with E-state index in [2.05, 4.69) is 10.2 Å². The minimum Gasteiger partial charge on any atom is -0.379 e. The van der Waals surface area contributed by atoms with Gasteiger partial charge in [-0.05, 0) is 0 Å². The number of urea groups is 1. The normalized spacial score (nSPS) is 24.3. The number of anilines is 1. The van der Waals surface area contributed by atoms with E-state index in [1.54, 1.807) is 0 Å². The summed E-state index contributed by atoms with van der Waals surface area (Å²) in [6.45, 7) is 1.30. The van der Waals surface area contributed by atoms with Crippen molar-refractivity contribution in [1.82, 2.24) is 19.4 Å². The number of likely N-dealkylation sites (N-methyl/N-ethyl adjacent to an activating group) is 1. The third-order valence-corrected chi connectivity index (χ3v) is 6.57. The number of amides is 2. The molecule has 2 fully saturated rings. The van der Waals surface area contributed by atoms with Gasteiger partial charge in [-0.25, -0.2) is 18.1 Å². The zero-order valence-corrected chi connectivity index (χ0v) is 13.4. The highest BCUT2D eigenvalue weighted by Gasteiger charge is 2.38. The molecule has 3 heterocycles. The molecule has 12 heteroatoms. The largest absolute Gasteiger partial charge is 0.379 e. The molecule has 3 rings (SSSR count). The van der Waals surface area contributed by atoms with Crippen LogP contribution in [0.3, 0.4) is 0 Å². The van der Waals surface area contributed by atoms with E-state index in [4.69, 9.17) is 4.74 Å². The van der Waals surface area contributed by atoms with E-state index < -0.39 is 22.3 Å². The van der Waals surface area contributed by atoms with Gasteiger partial charge in [-0.3, -0.25) is 0 Å². The summed E-state index contributed by atoms with van der Waals surface area (Å²) in [5, 5.41) is 17.4. The number of aliphatic hydroxyl groups excluding tert-OH is 1. The highest BCUT2D eigenvalue weighted by Crippen LogP contribution is 2.30. The third kappa shape index (κ3) is 2.56. The Morgan fingerprint density at radius 3 is 2.59 bits per heavy atom. The molecule has 0 spiro atoms. The number of hydrogen-bond acceptors (Lipinski definition) is 8. The van der Waals surface area contributed by atoms with Crippen LogP contribution in [0.5, 0.6) is 0 Å². The number of hydrogen-bond donors (Lipinski definition) is 1. The van der Waals surface area contributed by atoms with Gasteiger partial charge in [0.2, 0.25) is 9.47 Å². The Morgan fingerprint density at radius 1 is 1.32 bits per heavy atom. The third-order valence-electron chi connectivity index (χ3n) is 3.40. The van der Waals surface area contributed by atoms with E-state index in [0.29, 0.717) is 13.2 Å². The van der Waals surface area contributed by atoms with Crippen LogP contribution in [0.25, 0.3) is 0 Å². The van der Waals surface area contributed by atoms with Gasteiger partial charge in [0.1, 0.15) is 0 Å². The summed E-state index contributed by atoms with van der Waals surface area (Å²) in [6, 6.07) is -0.445. The molecule has 2 saturated heterocycles. The Balaban J connectivity index is 1.86. The van der Waals surface area contributed by atoms with Crippen LogP contribution in [0, 0.1) is 0 Å². The second-order valence-electron chi connectivity index (χ2n) is 4.88. The SMILES string of the molecule is CN1CC(O)N(c2nnc(S(=O)(=O)N3CCOCC3)s2)C1=O. The predicted molar refractivity (Wildman–Crippen MR) is 76.0 cm³/mol. The number of carbonyl (C=O) groups is 1. The van der Waals surface area contributed by atoms with E-state index >= 15 is 0 Å². The Morgan fingerprint density at radius 2 is 2.00 bits per heavy atom. The summed E-state index contributed by atoms with van der Waals surface area (Å²) < 4.78 is 31.1. The Labute approximate surface area is 130 Å². The Kier molecular flexibility index (Phi) is 4.03. The number of aliphatic hydroxyl groups is 1. The van der Waals surface area contributed by atoms with E-state index in [1.165, 1.54) is 16.3 Å². The Hall–Kier alpha value is -1.34. The van der Waals surface area contributed by atoms with Gasteiger partial charge in [-0.15, -0.1) is 10.2 Å². The molecule has 122 valence electrons. The first kappa shape index (κ1) is 15.6. The first-order valence-corrected chi connectivity index (χ1v) is 8.80. The zero-order chi connectivity index (χ0) is 15.9. The fraction of sp³-hybridized carbons (Fsp3) is 0.700.